The smallest absolute Gasteiger partial charge is 0.156 e. The normalized spacial score (nSPS) is 12.2. The summed E-state index contributed by atoms with van der Waals surface area (Å²) in [6, 6.07) is 18.1. The maximum Gasteiger partial charge on any atom is 0.156 e. The van der Waals surface area contributed by atoms with Crippen LogP contribution in [-0.4, -0.2) is 5.78 Å². The SMILES string of the molecule is C=C[C@@H](CC(=O)/C=C/c1ccccc1)c1ccc(C)cc1. The lowest BCUT2D eigenvalue weighted by molar-refractivity contribution is -0.114. The van der Waals surface area contributed by atoms with Gasteiger partial charge < -0.3 is 0 Å². The number of carbonyl (C=O) groups excluding carboxylic acids is 1. The van der Waals surface area contributed by atoms with E-state index in [0.29, 0.717) is 6.42 Å². The third-order valence-corrected chi connectivity index (χ3v) is 3.47. The number of hydrogen-bond acceptors (Lipinski definition) is 1. The molecule has 1 atom stereocenters. The van der Waals surface area contributed by atoms with Gasteiger partial charge in [-0.3, -0.25) is 4.79 Å². The molecule has 0 fully saturated rings. The molecule has 21 heavy (non-hydrogen) atoms. The van der Waals surface area contributed by atoms with Crippen molar-refractivity contribution in [2.45, 2.75) is 19.3 Å². The fourth-order valence-electron chi connectivity index (χ4n) is 2.19. The van der Waals surface area contributed by atoms with E-state index in [9.17, 15) is 4.79 Å². The van der Waals surface area contributed by atoms with Gasteiger partial charge in [-0.15, -0.1) is 6.58 Å². The highest BCUT2D eigenvalue weighted by Crippen LogP contribution is 2.22. The van der Waals surface area contributed by atoms with Crippen molar-refractivity contribution >= 4 is 11.9 Å². The van der Waals surface area contributed by atoms with Gasteiger partial charge in [0.05, 0.1) is 0 Å². The van der Waals surface area contributed by atoms with Gasteiger partial charge in [-0.1, -0.05) is 72.3 Å². The first-order valence-electron chi connectivity index (χ1n) is 7.14. The summed E-state index contributed by atoms with van der Waals surface area (Å²) in [5.74, 6) is 0.183. The van der Waals surface area contributed by atoms with Crippen LogP contribution in [0, 0.1) is 6.92 Å². The van der Waals surface area contributed by atoms with E-state index in [1.165, 1.54) is 5.56 Å². The lowest BCUT2D eigenvalue weighted by Gasteiger charge is -2.11. The quantitative estimate of drug-likeness (QED) is 0.539. The zero-order valence-corrected chi connectivity index (χ0v) is 12.3. The average Bonchev–Trinajstić information content (AvgIpc) is 2.52. The van der Waals surface area contributed by atoms with E-state index in [1.807, 2.05) is 42.5 Å². The van der Waals surface area contributed by atoms with Crippen LogP contribution in [0.5, 0.6) is 0 Å². The predicted molar refractivity (Wildman–Crippen MR) is 89.2 cm³/mol. The predicted octanol–water partition coefficient (Wildman–Crippen LogP) is 4.94. The first kappa shape index (κ1) is 15.0. The Bertz CT molecular complexity index is 621. The van der Waals surface area contributed by atoms with Crippen LogP contribution in [0.3, 0.4) is 0 Å². The Hall–Kier alpha value is -2.41. The largest absolute Gasteiger partial charge is 0.295 e. The zero-order valence-electron chi connectivity index (χ0n) is 12.3. The van der Waals surface area contributed by atoms with E-state index in [1.54, 1.807) is 6.08 Å². The summed E-state index contributed by atoms with van der Waals surface area (Å²) >= 11 is 0. The van der Waals surface area contributed by atoms with Crippen molar-refractivity contribution in [3.05, 3.63) is 90.0 Å². The van der Waals surface area contributed by atoms with Gasteiger partial charge in [-0.25, -0.2) is 0 Å². The first-order chi connectivity index (χ1) is 10.2. The Labute approximate surface area is 126 Å². The summed E-state index contributed by atoms with van der Waals surface area (Å²) in [5.41, 5.74) is 3.39. The molecule has 1 nitrogen and oxygen atoms in total. The highest BCUT2D eigenvalue weighted by molar-refractivity contribution is 5.94. The lowest BCUT2D eigenvalue weighted by atomic mass is 9.93. The molecule has 0 aliphatic rings. The minimum absolute atomic E-state index is 0.0681. The summed E-state index contributed by atoms with van der Waals surface area (Å²) in [6.45, 7) is 5.91. The molecule has 0 N–H and O–H groups in total. The number of ketones is 1. The number of rotatable bonds is 6. The molecule has 0 heterocycles. The Morgan fingerprint density at radius 1 is 1.10 bits per heavy atom. The second-order valence-corrected chi connectivity index (χ2v) is 5.17. The van der Waals surface area contributed by atoms with Gasteiger partial charge in [-0.05, 0) is 24.1 Å². The first-order valence-corrected chi connectivity index (χ1v) is 7.14. The van der Waals surface area contributed by atoms with Gasteiger partial charge >= 0.3 is 0 Å². The van der Waals surface area contributed by atoms with Crippen molar-refractivity contribution in [2.24, 2.45) is 0 Å². The summed E-state index contributed by atoms with van der Waals surface area (Å²) in [6.07, 6.45) is 5.81. The molecule has 1 heteroatoms. The van der Waals surface area contributed by atoms with Crippen molar-refractivity contribution in [3.63, 3.8) is 0 Å². The van der Waals surface area contributed by atoms with Crippen molar-refractivity contribution in [3.8, 4) is 0 Å². The van der Waals surface area contributed by atoms with Gasteiger partial charge in [0.2, 0.25) is 0 Å². The molecule has 0 spiro atoms. The van der Waals surface area contributed by atoms with E-state index in [2.05, 4.69) is 37.8 Å². The van der Waals surface area contributed by atoms with Gasteiger partial charge in [0.15, 0.2) is 5.78 Å². The summed E-state index contributed by atoms with van der Waals surface area (Å²) < 4.78 is 0. The average molecular weight is 276 g/mol. The topological polar surface area (TPSA) is 17.1 Å². The molecule has 2 aromatic carbocycles. The highest BCUT2D eigenvalue weighted by Gasteiger charge is 2.10. The van der Waals surface area contributed by atoms with Gasteiger partial charge in [0, 0.05) is 12.3 Å². The molecule has 0 aliphatic carbocycles. The molecule has 106 valence electrons. The van der Waals surface area contributed by atoms with Crippen molar-refractivity contribution in [1.82, 2.24) is 0 Å². The van der Waals surface area contributed by atoms with Crippen LogP contribution in [0.15, 0.2) is 73.3 Å². The number of hydrogen-bond donors (Lipinski definition) is 0. The Balaban J connectivity index is 2.01. The molecule has 2 aromatic rings. The molecule has 0 radical (unpaired) electrons. The van der Waals surface area contributed by atoms with E-state index in [-0.39, 0.29) is 11.7 Å². The molecule has 0 saturated carbocycles. The molecule has 0 amide bonds. The number of benzene rings is 2. The van der Waals surface area contributed by atoms with Crippen LogP contribution < -0.4 is 0 Å². The van der Waals surface area contributed by atoms with E-state index in [4.69, 9.17) is 0 Å². The fourth-order valence-corrected chi connectivity index (χ4v) is 2.19. The fraction of sp³-hybridized carbons (Fsp3) is 0.150. The van der Waals surface area contributed by atoms with Crippen LogP contribution in [-0.2, 0) is 4.79 Å². The molecular weight excluding hydrogens is 256 g/mol. The Morgan fingerprint density at radius 3 is 2.38 bits per heavy atom. The minimum Gasteiger partial charge on any atom is -0.295 e. The molecule has 0 aromatic heterocycles. The molecular formula is C20H20O. The summed E-state index contributed by atoms with van der Waals surface area (Å²) in [5, 5.41) is 0. The number of aryl methyl sites for hydroxylation is 1. The van der Waals surface area contributed by atoms with Crippen LogP contribution in [0.1, 0.15) is 29.0 Å². The monoisotopic (exact) mass is 276 g/mol. The maximum absolute atomic E-state index is 12.1. The number of allylic oxidation sites excluding steroid dienone is 2. The zero-order chi connectivity index (χ0) is 15.1. The summed E-state index contributed by atoms with van der Waals surface area (Å²) in [4.78, 5) is 12.1. The Kier molecular flexibility index (Phi) is 5.28. The van der Waals surface area contributed by atoms with Crippen LogP contribution >= 0.6 is 0 Å². The summed E-state index contributed by atoms with van der Waals surface area (Å²) in [7, 11) is 0. The molecule has 2 rings (SSSR count). The van der Waals surface area contributed by atoms with Crippen LogP contribution in [0.25, 0.3) is 6.08 Å². The second kappa shape index (κ2) is 7.39. The standard InChI is InChI=1S/C20H20O/c1-3-18(19-12-9-16(2)10-13-19)15-20(21)14-11-17-7-5-4-6-8-17/h3-14,18H,1,15H2,2H3/b14-11+/t18-/m0/s1. The second-order valence-electron chi connectivity index (χ2n) is 5.17. The third kappa shape index (κ3) is 4.57. The van der Waals surface area contributed by atoms with E-state index < -0.39 is 0 Å². The van der Waals surface area contributed by atoms with Crippen molar-refractivity contribution < 1.29 is 4.79 Å². The molecule has 0 bridgehead atoms. The van der Waals surface area contributed by atoms with Gasteiger partial charge in [0.1, 0.15) is 0 Å². The molecule has 0 saturated heterocycles. The minimum atomic E-state index is 0.0681. The van der Waals surface area contributed by atoms with Gasteiger partial charge in [-0.2, -0.15) is 0 Å². The van der Waals surface area contributed by atoms with Crippen LogP contribution in [0.4, 0.5) is 0 Å². The molecule has 0 unspecified atom stereocenters. The number of carbonyl (C=O) groups is 1. The van der Waals surface area contributed by atoms with Crippen molar-refractivity contribution in [2.75, 3.05) is 0 Å². The highest BCUT2D eigenvalue weighted by atomic mass is 16.1. The Morgan fingerprint density at radius 2 is 1.76 bits per heavy atom. The molecule has 0 aliphatic heterocycles. The van der Waals surface area contributed by atoms with E-state index >= 15 is 0 Å². The van der Waals surface area contributed by atoms with Gasteiger partial charge in [0.25, 0.3) is 0 Å². The van der Waals surface area contributed by atoms with Crippen LogP contribution in [0.2, 0.25) is 0 Å². The lowest BCUT2D eigenvalue weighted by Crippen LogP contribution is -2.02. The maximum atomic E-state index is 12.1. The van der Waals surface area contributed by atoms with E-state index in [0.717, 1.165) is 11.1 Å². The third-order valence-electron chi connectivity index (χ3n) is 3.47. The van der Waals surface area contributed by atoms with Crippen molar-refractivity contribution in [1.29, 1.82) is 0 Å².